The summed E-state index contributed by atoms with van der Waals surface area (Å²) in [5.74, 6) is 0. The van der Waals surface area contributed by atoms with Crippen LogP contribution in [0.2, 0.25) is 0 Å². The number of alkyl halides is 3. The van der Waals surface area contributed by atoms with Crippen LogP contribution >= 0.6 is 0 Å². The molecule has 1 rings (SSSR count). The Morgan fingerprint density at radius 1 is 1.38 bits per heavy atom. The smallest absolute Gasteiger partial charge is 0.392 e. The van der Waals surface area contributed by atoms with E-state index < -0.39 is 24.0 Å². The van der Waals surface area contributed by atoms with Crippen molar-refractivity contribution in [3.8, 4) is 0 Å². The van der Waals surface area contributed by atoms with Gasteiger partial charge in [0.05, 0.1) is 6.61 Å². The van der Waals surface area contributed by atoms with Crippen LogP contribution in [0.15, 0.2) is 16.9 Å². The van der Waals surface area contributed by atoms with Gasteiger partial charge in [0.25, 0.3) is 0 Å². The fourth-order valence-electron chi connectivity index (χ4n) is 0.844. The molecule has 0 aliphatic carbocycles. The SMILES string of the molecule is O=c1cc(CO)cc(C(F)(F)F)[nH]1. The average Bonchev–Trinajstić information content (AvgIpc) is 2.01. The van der Waals surface area contributed by atoms with Gasteiger partial charge in [0, 0.05) is 6.07 Å². The summed E-state index contributed by atoms with van der Waals surface area (Å²) in [6.45, 7) is -0.590. The van der Waals surface area contributed by atoms with Crippen LogP contribution in [-0.4, -0.2) is 10.1 Å². The third-order valence-corrected chi connectivity index (χ3v) is 1.39. The molecular weight excluding hydrogens is 187 g/mol. The summed E-state index contributed by atoms with van der Waals surface area (Å²) in [6, 6.07) is 1.61. The maximum absolute atomic E-state index is 12.0. The summed E-state index contributed by atoms with van der Waals surface area (Å²) in [5.41, 5.74) is -2.08. The Morgan fingerprint density at radius 2 is 2.00 bits per heavy atom. The van der Waals surface area contributed by atoms with Gasteiger partial charge >= 0.3 is 6.18 Å². The molecule has 0 bridgehead atoms. The predicted molar refractivity (Wildman–Crippen MR) is 38.0 cm³/mol. The van der Waals surface area contributed by atoms with Crippen molar-refractivity contribution in [3.05, 3.63) is 33.7 Å². The van der Waals surface area contributed by atoms with E-state index in [1.54, 1.807) is 4.98 Å². The molecule has 6 heteroatoms. The summed E-state index contributed by atoms with van der Waals surface area (Å²) in [5, 5.41) is 8.53. The monoisotopic (exact) mass is 193 g/mol. The highest BCUT2D eigenvalue weighted by atomic mass is 19.4. The van der Waals surface area contributed by atoms with Gasteiger partial charge in [-0.05, 0) is 11.6 Å². The molecule has 72 valence electrons. The number of H-pyrrole nitrogens is 1. The molecule has 0 aromatic carbocycles. The molecule has 0 aliphatic heterocycles. The largest absolute Gasteiger partial charge is 0.431 e. The Hall–Kier alpha value is -1.30. The minimum absolute atomic E-state index is 0.0592. The highest BCUT2D eigenvalue weighted by molar-refractivity contribution is 5.17. The molecule has 1 aromatic heterocycles. The van der Waals surface area contributed by atoms with Crippen LogP contribution in [0.5, 0.6) is 0 Å². The Labute approximate surface area is 70.8 Å². The molecule has 0 aliphatic rings. The van der Waals surface area contributed by atoms with Crippen molar-refractivity contribution in [2.45, 2.75) is 12.8 Å². The van der Waals surface area contributed by atoms with Crippen LogP contribution in [0.3, 0.4) is 0 Å². The Kier molecular flexibility index (Phi) is 2.42. The van der Waals surface area contributed by atoms with Crippen LogP contribution in [0, 0.1) is 0 Å². The quantitative estimate of drug-likeness (QED) is 0.695. The molecule has 0 saturated heterocycles. The first kappa shape index (κ1) is 9.79. The van der Waals surface area contributed by atoms with Crippen LogP contribution in [-0.2, 0) is 12.8 Å². The van der Waals surface area contributed by atoms with Crippen LogP contribution in [0.25, 0.3) is 0 Å². The number of nitrogens with one attached hydrogen (secondary N) is 1. The number of aromatic nitrogens is 1. The van der Waals surface area contributed by atoms with Crippen molar-refractivity contribution in [3.63, 3.8) is 0 Å². The number of hydrogen-bond acceptors (Lipinski definition) is 2. The first-order valence-corrected chi connectivity index (χ1v) is 3.35. The number of hydrogen-bond donors (Lipinski definition) is 2. The number of halogens is 3. The summed E-state index contributed by atoms with van der Waals surface area (Å²) in [7, 11) is 0. The second-order valence-electron chi connectivity index (χ2n) is 2.42. The van der Waals surface area contributed by atoms with E-state index >= 15 is 0 Å². The van der Waals surface area contributed by atoms with Crippen molar-refractivity contribution in [2.24, 2.45) is 0 Å². The zero-order valence-electron chi connectivity index (χ0n) is 6.35. The molecule has 0 unspecified atom stereocenters. The van der Waals surface area contributed by atoms with Crippen molar-refractivity contribution in [2.75, 3.05) is 0 Å². The molecule has 0 spiro atoms. The molecule has 13 heavy (non-hydrogen) atoms. The van der Waals surface area contributed by atoms with Gasteiger partial charge in [-0.2, -0.15) is 13.2 Å². The first-order valence-electron chi connectivity index (χ1n) is 3.35. The Morgan fingerprint density at radius 3 is 2.46 bits per heavy atom. The molecule has 0 saturated carbocycles. The zero-order valence-corrected chi connectivity index (χ0v) is 6.35. The topological polar surface area (TPSA) is 53.1 Å². The van der Waals surface area contributed by atoms with Crippen molar-refractivity contribution in [1.29, 1.82) is 0 Å². The van der Waals surface area contributed by atoms with E-state index in [1.807, 2.05) is 0 Å². The maximum atomic E-state index is 12.0. The third-order valence-electron chi connectivity index (χ3n) is 1.39. The van der Waals surface area contributed by atoms with E-state index in [0.717, 1.165) is 6.07 Å². The van der Waals surface area contributed by atoms with Gasteiger partial charge in [0.2, 0.25) is 5.56 Å². The standard InChI is InChI=1S/C7H6F3NO2/c8-7(9,10)5-1-4(3-12)2-6(13)11-5/h1-2,12H,3H2,(H,11,13). The molecule has 3 nitrogen and oxygen atoms in total. The third kappa shape index (κ3) is 2.32. The second-order valence-corrected chi connectivity index (χ2v) is 2.42. The minimum Gasteiger partial charge on any atom is -0.392 e. The fraction of sp³-hybridized carbons (Fsp3) is 0.286. The zero-order chi connectivity index (χ0) is 10.1. The van der Waals surface area contributed by atoms with Gasteiger partial charge < -0.3 is 10.1 Å². The molecule has 0 atom stereocenters. The molecule has 0 radical (unpaired) electrons. The van der Waals surface area contributed by atoms with Crippen molar-refractivity contribution >= 4 is 0 Å². The van der Waals surface area contributed by atoms with Gasteiger partial charge in [-0.3, -0.25) is 4.79 Å². The van der Waals surface area contributed by atoms with E-state index in [4.69, 9.17) is 5.11 Å². The van der Waals surface area contributed by atoms with E-state index in [9.17, 15) is 18.0 Å². The molecule has 0 amide bonds. The Bertz CT molecular complexity index is 355. The average molecular weight is 193 g/mol. The maximum Gasteiger partial charge on any atom is 0.431 e. The van der Waals surface area contributed by atoms with Crippen LogP contribution in [0.4, 0.5) is 13.2 Å². The predicted octanol–water partition coefficient (Wildman–Crippen LogP) is 0.886. The number of pyridine rings is 1. The lowest BCUT2D eigenvalue weighted by Crippen LogP contribution is -2.16. The normalized spacial score (nSPS) is 11.7. The molecule has 0 fully saturated rings. The van der Waals surface area contributed by atoms with E-state index in [-0.39, 0.29) is 5.56 Å². The van der Waals surface area contributed by atoms with E-state index in [1.165, 1.54) is 0 Å². The van der Waals surface area contributed by atoms with Gasteiger partial charge in [-0.25, -0.2) is 0 Å². The molecule has 1 aromatic rings. The second kappa shape index (κ2) is 3.21. The number of rotatable bonds is 1. The molecular formula is C7H6F3NO2. The van der Waals surface area contributed by atoms with Gasteiger partial charge in [0.15, 0.2) is 0 Å². The van der Waals surface area contributed by atoms with Crippen molar-refractivity contribution in [1.82, 2.24) is 4.98 Å². The minimum atomic E-state index is -4.59. The van der Waals surface area contributed by atoms with Gasteiger partial charge in [-0.15, -0.1) is 0 Å². The summed E-state index contributed by atoms with van der Waals surface area (Å²) in [4.78, 5) is 12.3. The summed E-state index contributed by atoms with van der Waals surface area (Å²) >= 11 is 0. The molecule has 1 heterocycles. The molecule has 2 N–H and O–H groups in total. The highest BCUT2D eigenvalue weighted by Gasteiger charge is 2.31. The lowest BCUT2D eigenvalue weighted by molar-refractivity contribution is -0.141. The lowest BCUT2D eigenvalue weighted by atomic mass is 10.2. The van der Waals surface area contributed by atoms with E-state index in [0.29, 0.717) is 6.07 Å². The highest BCUT2D eigenvalue weighted by Crippen LogP contribution is 2.26. The van der Waals surface area contributed by atoms with Crippen LogP contribution in [0.1, 0.15) is 11.3 Å². The number of aliphatic hydroxyl groups is 1. The fourth-order valence-corrected chi connectivity index (χ4v) is 0.844. The number of aromatic amines is 1. The number of aliphatic hydroxyl groups excluding tert-OH is 1. The van der Waals surface area contributed by atoms with Gasteiger partial charge in [-0.1, -0.05) is 0 Å². The first-order chi connectivity index (χ1) is 5.93. The van der Waals surface area contributed by atoms with Crippen molar-refractivity contribution < 1.29 is 18.3 Å². The van der Waals surface area contributed by atoms with Gasteiger partial charge in [0.1, 0.15) is 5.69 Å². The summed E-state index contributed by atoms with van der Waals surface area (Å²) < 4.78 is 36.1. The summed E-state index contributed by atoms with van der Waals surface area (Å²) in [6.07, 6.45) is -4.59. The van der Waals surface area contributed by atoms with Crippen LogP contribution < -0.4 is 5.56 Å². The Balaban J connectivity index is 3.24. The lowest BCUT2D eigenvalue weighted by Gasteiger charge is -2.06. The van der Waals surface area contributed by atoms with E-state index in [2.05, 4.69) is 0 Å².